The molecule has 1 aromatic carbocycles. The number of unbranched alkanes of at least 4 members (excludes halogenated alkanes) is 7. The van der Waals surface area contributed by atoms with E-state index in [9.17, 15) is 14.7 Å². The summed E-state index contributed by atoms with van der Waals surface area (Å²) in [4.78, 5) is 22.2. The van der Waals surface area contributed by atoms with E-state index < -0.39 is 5.97 Å². The van der Waals surface area contributed by atoms with E-state index >= 15 is 0 Å². The molecule has 0 saturated carbocycles. The van der Waals surface area contributed by atoms with Crippen molar-refractivity contribution >= 4 is 79.7 Å². The van der Waals surface area contributed by atoms with Gasteiger partial charge in [0.1, 0.15) is 0 Å². The van der Waals surface area contributed by atoms with Crippen molar-refractivity contribution in [2.45, 2.75) is 57.8 Å². The summed E-state index contributed by atoms with van der Waals surface area (Å²) in [7, 11) is 0. The van der Waals surface area contributed by atoms with E-state index in [0.717, 1.165) is 36.4 Å². The fourth-order valence-corrected chi connectivity index (χ4v) is 5.64. The van der Waals surface area contributed by atoms with Gasteiger partial charge in [0.2, 0.25) is 0 Å². The van der Waals surface area contributed by atoms with Crippen LogP contribution in [0.1, 0.15) is 67.3 Å². The summed E-state index contributed by atoms with van der Waals surface area (Å²) in [5.74, 6) is -1.20. The summed E-state index contributed by atoms with van der Waals surface area (Å²) in [5, 5.41) is 9.27. The lowest BCUT2D eigenvalue weighted by molar-refractivity contribution is -0.137. The lowest BCUT2D eigenvalue weighted by Crippen LogP contribution is -2.06. The fraction of sp³-hybridized carbons (Fsp3) is 0.500. The van der Waals surface area contributed by atoms with Crippen molar-refractivity contribution in [3.8, 4) is 0 Å². The number of carboxylic acids is 1. The predicted octanol–water partition coefficient (Wildman–Crippen LogP) is 6.59. The lowest BCUT2D eigenvalue weighted by Gasteiger charge is -2.12. The van der Waals surface area contributed by atoms with Crippen LogP contribution in [0.25, 0.3) is 0 Å². The van der Waals surface area contributed by atoms with E-state index in [4.69, 9.17) is 4.74 Å². The Hall–Kier alpha value is 0.0900. The zero-order chi connectivity index (χ0) is 20.2. The number of halogens is 3. The number of carbonyl (C=O) groups is 2. The second kappa shape index (κ2) is 14.1. The van der Waals surface area contributed by atoms with Crippen molar-refractivity contribution in [3.63, 3.8) is 0 Å². The third-order valence-corrected chi connectivity index (χ3v) is 8.52. The maximum absolute atomic E-state index is 11.3. The molecule has 1 aromatic rings. The first-order chi connectivity index (χ1) is 12.9. The van der Waals surface area contributed by atoms with Crippen molar-refractivity contribution in [3.05, 3.63) is 40.6 Å². The van der Waals surface area contributed by atoms with Crippen LogP contribution in [-0.4, -0.2) is 23.7 Å². The maximum atomic E-state index is 11.3. The predicted molar refractivity (Wildman–Crippen MR) is 133 cm³/mol. The molecule has 7 heteroatoms. The lowest BCUT2D eigenvalue weighted by atomic mass is 10.0. The summed E-state index contributed by atoms with van der Waals surface area (Å²) in [6.07, 6.45) is 11.4. The van der Waals surface area contributed by atoms with Crippen LogP contribution in [0.15, 0.2) is 18.7 Å². The molecule has 27 heavy (non-hydrogen) atoms. The average molecular weight is 710 g/mol. The molecule has 0 spiro atoms. The summed E-state index contributed by atoms with van der Waals surface area (Å²) in [5.41, 5.74) is 1.67. The van der Waals surface area contributed by atoms with Crippen molar-refractivity contribution in [2.24, 2.45) is 0 Å². The van der Waals surface area contributed by atoms with Crippen molar-refractivity contribution in [1.82, 2.24) is 0 Å². The molecule has 0 fully saturated rings. The van der Waals surface area contributed by atoms with Crippen LogP contribution in [0.4, 0.5) is 0 Å². The molecule has 0 saturated heterocycles. The number of hydrogen-bond donors (Lipinski definition) is 1. The molecule has 150 valence electrons. The van der Waals surface area contributed by atoms with Gasteiger partial charge in [0.25, 0.3) is 0 Å². The van der Waals surface area contributed by atoms with Crippen LogP contribution in [0.2, 0.25) is 0 Å². The molecule has 0 aliphatic heterocycles. The summed E-state index contributed by atoms with van der Waals surface area (Å²) in [6, 6.07) is 1.79. The van der Waals surface area contributed by atoms with Crippen molar-refractivity contribution < 1.29 is 19.4 Å². The van der Waals surface area contributed by atoms with Crippen molar-refractivity contribution in [1.29, 1.82) is 0 Å². The van der Waals surface area contributed by atoms with Gasteiger partial charge in [-0.2, -0.15) is 0 Å². The zero-order valence-electron chi connectivity index (χ0n) is 15.2. The summed E-state index contributed by atoms with van der Waals surface area (Å²) >= 11 is 6.66. The van der Waals surface area contributed by atoms with Gasteiger partial charge in [0.05, 0.1) is 12.2 Å². The number of hydrogen-bond acceptors (Lipinski definition) is 3. The minimum absolute atomic E-state index is 0.341. The van der Waals surface area contributed by atoms with Crippen LogP contribution >= 0.6 is 67.8 Å². The number of carboxylic acid groups (broad SMARTS) is 1. The molecule has 0 radical (unpaired) electrons. The Bertz CT molecular complexity index is 659. The van der Waals surface area contributed by atoms with E-state index in [1.807, 2.05) is 0 Å². The smallest absolute Gasteiger partial charge is 0.336 e. The van der Waals surface area contributed by atoms with Gasteiger partial charge in [-0.1, -0.05) is 45.1 Å². The number of rotatable bonds is 13. The first-order valence-electron chi connectivity index (χ1n) is 9.07. The van der Waals surface area contributed by atoms with Gasteiger partial charge in [-0.25, -0.2) is 9.59 Å². The number of ether oxygens (including phenoxy) is 1. The largest absolute Gasteiger partial charge is 0.478 e. The second-order valence-electron chi connectivity index (χ2n) is 6.27. The third kappa shape index (κ3) is 9.42. The summed E-state index contributed by atoms with van der Waals surface area (Å²) in [6.45, 7) is 3.86. The first-order valence-corrected chi connectivity index (χ1v) is 12.3. The minimum atomic E-state index is -0.861. The summed E-state index contributed by atoms with van der Waals surface area (Å²) < 4.78 is 7.92. The monoisotopic (exact) mass is 710 g/mol. The van der Waals surface area contributed by atoms with Crippen molar-refractivity contribution in [2.75, 3.05) is 6.61 Å². The minimum Gasteiger partial charge on any atom is -0.478 e. The standard InChI is InChI=1S/C20H25I3O4/c1-2-17(24)27-12-10-8-6-4-3-5-7-9-11-14-16(21)13-15(20(25)26)19(23)18(14)22/h2,13H,1,3-12H2,(H,25,26). The van der Waals surface area contributed by atoms with E-state index in [1.54, 1.807) is 6.07 Å². The third-order valence-electron chi connectivity index (χ3n) is 4.22. The van der Waals surface area contributed by atoms with Crippen LogP contribution in [0, 0.1) is 10.7 Å². The molecular formula is C20H25I3O4. The Morgan fingerprint density at radius 1 is 0.963 bits per heavy atom. The Balaban J connectivity index is 2.19. The highest BCUT2D eigenvalue weighted by molar-refractivity contribution is 14.1. The Labute approximate surface area is 202 Å². The highest BCUT2D eigenvalue weighted by atomic mass is 127. The molecule has 0 unspecified atom stereocenters. The molecule has 0 heterocycles. The Morgan fingerprint density at radius 2 is 1.52 bits per heavy atom. The number of esters is 1. The van der Waals surface area contributed by atoms with Crippen LogP contribution in [0.5, 0.6) is 0 Å². The molecule has 0 bridgehead atoms. The van der Waals surface area contributed by atoms with Gasteiger partial charge in [0.15, 0.2) is 0 Å². The normalized spacial score (nSPS) is 10.6. The highest BCUT2D eigenvalue weighted by Gasteiger charge is 2.17. The molecule has 0 aromatic heterocycles. The van der Waals surface area contributed by atoms with Gasteiger partial charge in [0, 0.05) is 16.8 Å². The SMILES string of the molecule is C=CC(=O)OCCCCCCCCCCc1c(I)cc(C(=O)O)c(I)c1I. The molecule has 1 rings (SSSR count). The number of aromatic carboxylic acids is 1. The van der Waals surface area contributed by atoms with Gasteiger partial charge in [-0.3, -0.25) is 0 Å². The van der Waals surface area contributed by atoms with Gasteiger partial charge in [-0.05, 0) is 98.7 Å². The Morgan fingerprint density at radius 3 is 2.07 bits per heavy atom. The first kappa shape index (κ1) is 25.1. The topological polar surface area (TPSA) is 63.6 Å². The molecular weight excluding hydrogens is 685 g/mol. The molecule has 0 amide bonds. The van der Waals surface area contributed by atoms with Crippen LogP contribution in [-0.2, 0) is 16.0 Å². The van der Waals surface area contributed by atoms with Gasteiger partial charge in [-0.15, -0.1) is 0 Å². The zero-order valence-corrected chi connectivity index (χ0v) is 21.7. The molecule has 1 N–H and O–H groups in total. The molecule has 4 nitrogen and oxygen atoms in total. The second-order valence-corrected chi connectivity index (χ2v) is 9.59. The Kier molecular flexibility index (Phi) is 13.2. The van der Waals surface area contributed by atoms with Gasteiger partial charge < -0.3 is 9.84 Å². The highest BCUT2D eigenvalue weighted by Crippen LogP contribution is 2.29. The quantitative estimate of drug-likeness (QED) is 0.0826. The molecule has 0 aliphatic rings. The van der Waals surface area contributed by atoms with Crippen LogP contribution < -0.4 is 0 Å². The molecule has 0 aliphatic carbocycles. The maximum Gasteiger partial charge on any atom is 0.336 e. The molecule has 0 atom stereocenters. The van der Waals surface area contributed by atoms with E-state index in [1.165, 1.54) is 43.7 Å². The number of benzene rings is 1. The fourth-order valence-electron chi connectivity index (χ4n) is 2.71. The van der Waals surface area contributed by atoms with E-state index in [-0.39, 0.29) is 5.97 Å². The number of carbonyl (C=O) groups excluding carboxylic acids is 1. The van der Waals surface area contributed by atoms with E-state index in [0.29, 0.717) is 12.2 Å². The van der Waals surface area contributed by atoms with Crippen LogP contribution in [0.3, 0.4) is 0 Å². The average Bonchev–Trinajstić information content (AvgIpc) is 2.64. The van der Waals surface area contributed by atoms with Gasteiger partial charge >= 0.3 is 11.9 Å². The van der Waals surface area contributed by atoms with E-state index in [2.05, 4.69) is 74.4 Å².